The van der Waals surface area contributed by atoms with Crippen LogP contribution in [0.3, 0.4) is 0 Å². The maximum Gasteiger partial charge on any atom is 0.365 e. The first-order valence-corrected chi connectivity index (χ1v) is 7.07. The van der Waals surface area contributed by atoms with Gasteiger partial charge in [-0.05, 0) is 31.4 Å². The van der Waals surface area contributed by atoms with Crippen molar-refractivity contribution >= 4 is 23.4 Å². The summed E-state index contributed by atoms with van der Waals surface area (Å²) in [7, 11) is 0. The van der Waals surface area contributed by atoms with Gasteiger partial charge >= 0.3 is 5.97 Å². The summed E-state index contributed by atoms with van der Waals surface area (Å²) in [5.74, 6) is -2.44. The van der Waals surface area contributed by atoms with E-state index in [2.05, 4.69) is 10.5 Å². The molecule has 1 fully saturated rings. The van der Waals surface area contributed by atoms with Crippen molar-refractivity contribution in [3.8, 4) is 0 Å². The molecule has 0 radical (unpaired) electrons. The second-order valence-electron chi connectivity index (χ2n) is 5.15. The molecular weight excluding hydrogens is 284 g/mol. The van der Waals surface area contributed by atoms with Crippen LogP contribution in [0.4, 0.5) is 0 Å². The third-order valence-electron chi connectivity index (χ3n) is 3.70. The molecule has 1 heterocycles. The lowest BCUT2D eigenvalue weighted by Crippen LogP contribution is -2.48. The van der Waals surface area contributed by atoms with Crippen LogP contribution in [-0.2, 0) is 14.4 Å². The normalized spacial score (nSPS) is 22.6. The first-order valence-electron chi connectivity index (χ1n) is 7.07. The Kier molecular flexibility index (Phi) is 3.82. The Morgan fingerprint density at radius 3 is 2.77 bits per heavy atom. The molecule has 3 rings (SSSR count). The standard InChI is InChI=1S/C16H14N2O4/c19-14-13(11-8-4-5-9-12(11)17-15(14)20)18-22-16(21)10-6-2-1-3-7-10/h1-3,6-7,9,11H,4-5,8H2,(H,17,20). The summed E-state index contributed by atoms with van der Waals surface area (Å²) in [6.07, 6.45) is 4.31. The van der Waals surface area contributed by atoms with Crippen molar-refractivity contribution in [3.05, 3.63) is 47.7 Å². The number of allylic oxidation sites excluding steroid dienone is 2. The Morgan fingerprint density at radius 2 is 2.00 bits per heavy atom. The average Bonchev–Trinajstić information content (AvgIpc) is 2.56. The molecule has 1 aromatic rings. The van der Waals surface area contributed by atoms with Crippen molar-refractivity contribution in [2.24, 2.45) is 11.1 Å². The van der Waals surface area contributed by atoms with Crippen LogP contribution >= 0.6 is 0 Å². The van der Waals surface area contributed by atoms with Gasteiger partial charge in [0, 0.05) is 11.6 Å². The molecule has 0 spiro atoms. The summed E-state index contributed by atoms with van der Waals surface area (Å²) >= 11 is 0. The summed E-state index contributed by atoms with van der Waals surface area (Å²) in [6.45, 7) is 0. The lowest BCUT2D eigenvalue weighted by molar-refractivity contribution is -0.134. The van der Waals surface area contributed by atoms with E-state index in [-0.39, 0.29) is 11.6 Å². The number of amides is 1. The molecule has 0 saturated carbocycles. The molecule has 1 amide bonds. The lowest BCUT2D eigenvalue weighted by atomic mass is 9.84. The van der Waals surface area contributed by atoms with Gasteiger partial charge in [-0.15, -0.1) is 0 Å². The Labute approximate surface area is 126 Å². The summed E-state index contributed by atoms with van der Waals surface area (Å²) in [4.78, 5) is 40.4. The van der Waals surface area contributed by atoms with Crippen LogP contribution in [0.1, 0.15) is 29.6 Å². The van der Waals surface area contributed by atoms with Crippen LogP contribution in [0.25, 0.3) is 0 Å². The molecule has 1 atom stereocenters. The minimum atomic E-state index is -0.745. The van der Waals surface area contributed by atoms with E-state index >= 15 is 0 Å². The van der Waals surface area contributed by atoms with E-state index in [0.29, 0.717) is 17.7 Å². The minimum absolute atomic E-state index is 0.000943. The Morgan fingerprint density at radius 1 is 1.23 bits per heavy atom. The number of piperidine rings is 1. The predicted octanol–water partition coefficient (Wildman–Crippen LogP) is 1.58. The number of fused-ring (bicyclic) bond motifs is 1. The number of oxime groups is 1. The molecule has 1 aliphatic heterocycles. The summed E-state index contributed by atoms with van der Waals surface area (Å²) in [5, 5.41) is 6.26. The van der Waals surface area contributed by atoms with Gasteiger partial charge in [-0.2, -0.15) is 0 Å². The SMILES string of the molecule is O=C1NC2=CCCCC2C(=NOC(=O)c2ccccc2)C1=O. The zero-order chi connectivity index (χ0) is 15.5. The highest BCUT2D eigenvalue weighted by Crippen LogP contribution is 2.27. The first-order chi connectivity index (χ1) is 10.7. The van der Waals surface area contributed by atoms with E-state index in [1.807, 2.05) is 6.08 Å². The van der Waals surface area contributed by atoms with E-state index < -0.39 is 17.7 Å². The number of carbonyl (C=O) groups is 3. The van der Waals surface area contributed by atoms with E-state index in [9.17, 15) is 14.4 Å². The Bertz CT molecular complexity index is 691. The molecule has 1 N–H and O–H groups in total. The van der Waals surface area contributed by atoms with Gasteiger partial charge in [-0.1, -0.05) is 29.4 Å². The van der Waals surface area contributed by atoms with Crippen molar-refractivity contribution in [2.75, 3.05) is 0 Å². The second kappa shape index (κ2) is 5.93. The lowest BCUT2D eigenvalue weighted by Gasteiger charge is -2.28. The Hall–Kier alpha value is -2.76. The molecule has 0 bridgehead atoms. The number of rotatable bonds is 2. The number of hydrogen-bond acceptors (Lipinski definition) is 5. The number of nitrogens with one attached hydrogen (secondary N) is 1. The number of ketones is 1. The van der Waals surface area contributed by atoms with Crippen LogP contribution in [-0.4, -0.2) is 23.4 Å². The van der Waals surface area contributed by atoms with E-state index in [1.54, 1.807) is 30.3 Å². The van der Waals surface area contributed by atoms with Crippen LogP contribution in [0.5, 0.6) is 0 Å². The van der Waals surface area contributed by atoms with Gasteiger partial charge in [0.1, 0.15) is 5.71 Å². The van der Waals surface area contributed by atoms with Gasteiger partial charge < -0.3 is 10.2 Å². The number of Topliss-reactive ketones (excluding diaryl/α,β-unsaturated/α-hetero) is 1. The van der Waals surface area contributed by atoms with Crippen molar-refractivity contribution < 1.29 is 19.2 Å². The van der Waals surface area contributed by atoms with Crippen LogP contribution in [0.15, 0.2) is 47.3 Å². The van der Waals surface area contributed by atoms with E-state index in [4.69, 9.17) is 4.84 Å². The predicted molar refractivity (Wildman–Crippen MR) is 77.9 cm³/mol. The third kappa shape index (κ3) is 2.67. The molecule has 6 nitrogen and oxygen atoms in total. The summed E-state index contributed by atoms with van der Waals surface area (Å²) in [6, 6.07) is 8.35. The number of nitrogens with zero attached hydrogens (tertiary/aromatic N) is 1. The second-order valence-corrected chi connectivity index (χ2v) is 5.15. The van der Waals surface area contributed by atoms with Crippen LogP contribution in [0.2, 0.25) is 0 Å². The van der Waals surface area contributed by atoms with Gasteiger partial charge in [-0.25, -0.2) is 4.79 Å². The molecular formula is C16H14N2O4. The van der Waals surface area contributed by atoms with E-state index in [1.165, 1.54) is 0 Å². The number of hydrogen-bond donors (Lipinski definition) is 1. The van der Waals surface area contributed by atoms with Gasteiger partial charge in [0.15, 0.2) is 0 Å². The van der Waals surface area contributed by atoms with Crippen LogP contribution < -0.4 is 5.32 Å². The summed E-state index contributed by atoms with van der Waals surface area (Å²) in [5.41, 5.74) is 1.00. The van der Waals surface area contributed by atoms with Crippen molar-refractivity contribution in [1.29, 1.82) is 0 Å². The molecule has 6 heteroatoms. The molecule has 22 heavy (non-hydrogen) atoms. The highest BCUT2D eigenvalue weighted by atomic mass is 16.7. The highest BCUT2D eigenvalue weighted by molar-refractivity contribution is 6.66. The number of benzene rings is 1. The smallest absolute Gasteiger partial charge is 0.322 e. The van der Waals surface area contributed by atoms with Gasteiger partial charge in [0.2, 0.25) is 0 Å². The average molecular weight is 298 g/mol. The fourth-order valence-corrected chi connectivity index (χ4v) is 2.58. The molecule has 1 saturated heterocycles. The first kappa shape index (κ1) is 14.2. The third-order valence-corrected chi connectivity index (χ3v) is 3.70. The minimum Gasteiger partial charge on any atom is -0.322 e. The molecule has 1 aromatic carbocycles. The number of carbonyl (C=O) groups excluding carboxylic acids is 3. The molecule has 2 aliphatic rings. The molecule has 1 aliphatic carbocycles. The monoisotopic (exact) mass is 298 g/mol. The van der Waals surface area contributed by atoms with Crippen molar-refractivity contribution in [3.63, 3.8) is 0 Å². The topological polar surface area (TPSA) is 84.8 Å². The molecule has 0 aromatic heterocycles. The van der Waals surface area contributed by atoms with Crippen molar-refractivity contribution in [2.45, 2.75) is 19.3 Å². The van der Waals surface area contributed by atoms with Gasteiger partial charge in [0.05, 0.1) is 5.56 Å². The van der Waals surface area contributed by atoms with Crippen molar-refractivity contribution in [1.82, 2.24) is 5.32 Å². The molecule has 1 unspecified atom stereocenters. The maximum absolute atomic E-state index is 12.0. The summed E-state index contributed by atoms with van der Waals surface area (Å²) < 4.78 is 0. The zero-order valence-corrected chi connectivity index (χ0v) is 11.7. The quantitative estimate of drug-likeness (QED) is 0.510. The fraction of sp³-hybridized carbons (Fsp3) is 0.250. The van der Waals surface area contributed by atoms with E-state index in [0.717, 1.165) is 12.8 Å². The maximum atomic E-state index is 12.0. The zero-order valence-electron chi connectivity index (χ0n) is 11.7. The van der Waals surface area contributed by atoms with Crippen LogP contribution in [0, 0.1) is 5.92 Å². The highest BCUT2D eigenvalue weighted by Gasteiger charge is 2.38. The Balaban J connectivity index is 1.83. The molecule has 112 valence electrons. The largest absolute Gasteiger partial charge is 0.365 e. The fourth-order valence-electron chi connectivity index (χ4n) is 2.58. The van der Waals surface area contributed by atoms with Gasteiger partial charge in [0.25, 0.3) is 11.7 Å². The van der Waals surface area contributed by atoms with Gasteiger partial charge in [-0.3, -0.25) is 9.59 Å².